The Bertz CT molecular complexity index is 2380. The van der Waals surface area contributed by atoms with E-state index in [1.54, 1.807) is 52.9 Å². The van der Waals surface area contributed by atoms with Gasteiger partial charge in [-0.05, 0) is 54.2 Å². The zero-order chi connectivity index (χ0) is 47.4. The minimum Gasteiger partial charge on any atom is -0.498 e. The molecule has 4 atom stereocenters. The Hall–Kier alpha value is -5.96. The molecule has 0 radical (unpaired) electrons. The van der Waals surface area contributed by atoms with E-state index in [1.165, 1.54) is 4.90 Å². The number of allylic oxidation sites excluding steroid dienone is 4. The maximum atomic E-state index is 14.0. The summed E-state index contributed by atoms with van der Waals surface area (Å²) in [7, 11) is 0. The van der Waals surface area contributed by atoms with Crippen molar-refractivity contribution in [1.29, 1.82) is 0 Å². The van der Waals surface area contributed by atoms with Gasteiger partial charge in [0.25, 0.3) is 5.84 Å². The second-order valence-corrected chi connectivity index (χ2v) is 18.4. The number of rotatable bonds is 20. The number of nitrogens with zero attached hydrogens (tertiary/aromatic N) is 4. The predicted molar refractivity (Wildman–Crippen MR) is 251 cm³/mol. The van der Waals surface area contributed by atoms with Crippen molar-refractivity contribution < 1.29 is 43.7 Å². The van der Waals surface area contributed by atoms with Crippen LogP contribution in [0.3, 0.4) is 0 Å². The number of aromatic nitrogens is 2. The van der Waals surface area contributed by atoms with Crippen LogP contribution in [0.25, 0.3) is 26.9 Å². The molecule has 2 aliphatic heterocycles. The summed E-state index contributed by atoms with van der Waals surface area (Å²) in [6.07, 6.45) is 6.42. The van der Waals surface area contributed by atoms with Crippen molar-refractivity contribution >= 4 is 51.4 Å². The summed E-state index contributed by atoms with van der Waals surface area (Å²) in [5.74, 6) is 5.37. The maximum Gasteiger partial charge on any atom is 0.297 e. The molecule has 4 heterocycles. The van der Waals surface area contributed by atoms with Crippen molar-refractivity contribution in [3.8, 4) is 10.4 Å². The van der Waals surface area contributed by atoms with E-state index in [-0.39, 0.29) is 62.8 Å². The van der Waals surface area contributed by atoms with Crippen LogP contribution in [-0.4, -0.2) is 117 Å². The number of benzene rings is 2. The number of hydrazone groups is 1. The van der Waals surface area contributed by atoms with Crippen molar-refractivity contribution in [3.05, 3.63) is 102 Å². The van der Waals surface area contributed by atoms with Crippen LogP contribution in [0.15, 0.2) is 83.6 Å². The zero-order valence-corrected chi connectivity index (χ0v) is 38.8. The first-order valence-corrected chi connectivity index (χ1v) is 23.0. The number of aryl methyl sites for hydroxylation is 1. The van der Waals surface area contributed by atoms with E-state index in [2.05, 4.69) is 38.0 Å². The van der Waals surface area contributed by atoms with Gasteiger partial charge in [0.1, 0.15) is 23.9 Å². The van der Waals surface area contributed by atoms with Crippen molar-refractivity contribution in [1.82, 2.24) is 36.1 Å². The molecule has 0 aliphatic carbocycles. The highest BCUT2D eigenvalue weighted by Gasteiger charge is 2.44. The molecule has 10 N–H and O–H groups in total. The molecule has 0 spiro atoms. The highest BCUT2D eigenvalue weighted by molar-refractivity contribution is 7.13. The van der Waals surface area contributed by atoms with E-state index in [0.29, 0.717) is 60.7 Å². The number of aliphatic hydroxyl groups is 2. The molecule has 3 amide bonds. The molecule has 18 nitrogen and oxygen atoms in total. The molecule has 2 saturated heterocycles. The number of ether oxygens (including phenoxy) is 2. The first-order valence-electron chi connectivity index (χ1n) is 22.1. The molecule has 4 aromatic rings. The third-order valence-corrected chi connectivity index (χ3v) is 12.6. The number of hydrogen-bond donors (Lipinski definition) is 8. The number of fused-ring (bicyclic) bond motifs is 1. The van der Waals surface area contributed by atoms with Crippen LogP contribution >= 0.6 is 11.3 Å². The van der Waals surface area contributed by atoms with Gasteiger partial charge < -0.3 is 39.3 Å². The lowest BCUT2D eigenvalue weighted by Gasteiger charge is -2.37. The van der Waals surface area contributed by atoms with Gasteiger partial charge in [0.15, 0.2) is 5.76 Å². The van der Waals surface area contributed by atoms with Crippen molar-refractivity contribution in [2.75, 3.05) is 32.8 Å². The fraction of sp³-hybridized carbons (Fsp3) is 0.447. The van der Waals surface area contributed by atoms with E-state index in [9.17, 15) is 24.6 Å². The van der Waals surface area contributed by atoms with Gasteiger partial charge in [0.2, 0.25) is 17.7 Å². The number of amidine groups is 1. The number of β-amino-alcohol motifs (C(OH)–C–C–N with tert-alkyl or cyclic N) is 1. The first-order chi connectivity index (χ1) is 31.7. The van der Waals surface area contributed by atoms with Gasteiger partial charge in [-0.2, -0.15) is 10.6 Å². The lowest BCUT2D eigenvalue weighted by molar-refractivity contribution is -0.528. The number of nitrogens with one attached hydrogen (secondary N) is 4. The number of nitrogen functional groups attached to an aromatic ring is 1. The molecule has 0 saturated carbocycles. The Balaban J connectivity index is 0.905. The number of hydrogen-bond acceptors (Lipinski definition) is 14. The largest absolute Gasteiger partial charge is 0.498 e. The second-order valence-electron chi connectivity index (χ2n) is 17.5. The molecule has 2 aromatic carbocycles. The molecule has 0 bridgehead atoms. The smallest absolute Gasteiger partial charge is 0.297 e. The third kappa shape index (κ3) is 12.9. The molecule has 2 aliphatic rings. The Kier molecular flexibility index (Phi) is 17.2. The Morgan fingerprint density at radius 3 is 2.55 bits per heavy atom. The number of hydrazine groups is 2. The summed E-state index contributed by atoms with van der Waals surface area (Å²) in [6, 6.07) is 11.8. The monoisotopic (exact) mass is 927 g/mol. The van der Waals surface area contributed by atoms with E-state index >= 15 is 0 Å². The summed E-state index contributed by atoms with van der Waals surface area (Å²) in [5, 5.41) is 35.4. The van der Waals surface area contributed by atoms with Gasteiger partial charge in [-0.1, -0.05) is 68.9 Å². The summed E-state index contributed by atoms with van der Waals surface area (Å²) in [4.78, 5) is 48.9. The Labute approximate surface area is 388 Å². The number of likely N-dealkylation sites (tertiary alicyclic amines) is 2. The lowest BCUT2D eigenvalue weighted by Crippen LogP contribution is -2.87. The number of carbonyl (C=O) groups is 3. The second kappa shape index (κ2) is 23.0. The molecule has 2 aromatic heterocycles. The predicted octanol–water partition coefficient (Wildman–Crippen LogP) is 1.91. The molecule has 66 heavy (non-hydrogen) atoms. The number of thiazole rings is 1. The molecule has 6 rings (SSSR count). The van der Waals surface area contributed by atoms with Crippen LogP contribution in [0.1, 0.15) is 75.5 Å². The maximum absolute atomic E-state index is 14.0. The minimum atomic E-state index is -1.12. The van der Waals surface area contributed by atoms with Gasteiger partial charge in [0, 0.05) is 51.0 Å². The number of nitrogens with two attached hydrogens (primary N) is 2. The van der Waals surface area contributed by atoms with Gasteiger partial charge in [0.05, 0.1) is 65.1 Å². The highest BCUT2D eigenvalue weighted by Crippen LogP contribution is 2.30. The summed E-state index contributed by atoms with van der Waals surface area (Å²) in [5.41, 5.74) is 14.5. The number of carbonyl (C=O) groups excluding carboxylic acids is 3. The standard InChI is InChI=1S/C47H62N10O8S/c1-6-7-31(41-36-24-33(44(48)53-55-49)12-13-37(36)54-65-41)16-23-64-35-14-19-56(20-15-35)40(60)18-22-63-21-17-39(59)52-43(47(3,4)5)46(62)57-27-34(58)25-38(57)45(61)50-26-30-8-10-32(11-9-30)42-29(2)51-28-66-42/h6-13,16,23-24,28,34-35,38,43,45,50,55,58,61H,1,14-15,17-22,25-27,49H2,2-5H3,(H2,48,53)(H,52,59)/p+1/b23-16+,31-7+/t34-,38+,43-,45?/m1/s1. The van der Waals surface area contributed by atoms with Gasteiger partial charge in [-0.25, -0.2) is 10.8 Å². The summed E-state index contributed by atoms with van der Waals surface area (Å²) < 4.78 is 17.4. The van der Waals surface area contributed by atoms with E-state index in [0.717, 1.165) is 27.1 Å². The first kappa shape index (κ1) is 49.5. The fourth-order valence-electron chi connectivity index (χ4n) is 8.01. The average molecular weight is 928 g/mol. The van der Waals surface area contributed by atoms with E-state index < -0.39 is 29.8 Å². The molecule has 19 heteroatoms. The van der Waals surface area contributed by atoms with E-state index in [1.807, 2.05) is 63.5 Å². The van der Waals surface area contributed by atoms with Crippen LogP contribution in [0.4, 0.5) is 0 Å². The van der Waals surface area contributed by atoms with Crippen LogP contribution in [0.5, 0.6) is 0 Å². The van der Waals surface area contributed by atoms with Crippen LogP contribution in [-0.2, 0) is 30.4 Å². The SMILES string of the molecule is C=C/C=C(\C=C\OC1CCN(C(=O)CCOCCC(=O)N[C@H](C(=O)N2C[C@H](O)C[C@H]2C(O)NCc2ccc(-c3scnc3C)cc2)C(C)(C)C)CC1)c1onc2ccc(/C(N)=[NH+]/NN)cc12. The number of aliphatic hydroxyl groups excluding tert-OH is 2. The van der Waals surface area contributed by atoms with Crippen molar-refractivity contribution in [2.24, 2.45) is 17.0 Å². The van der Waals surface area contributed by atoms with Gasteiger partial charge in [-0.15, -0.1) is 11.3 Å². The fourth-order valence-corrected chi connectivity index (χ4v) is 8.82. The quantitative estimate of drug-likeness (QED) is 0.00922. The average Bonchev–Trinajstić information content (AvgIpc) is 4.04. The summed E-state index contributed by atoms with van der Waals surface area (Å²) >= 11 is 1.58. The van der Waals surface area contributed by atoms with Crippen LogP contribution in [0.2, 0.25) is 0 Å². The normalized spacial score (nSPS) is 18.5. The van der Waals surface area contributed by atoms with Gasteiger partial charge >= 0.3 is 0 Å². The van der Waals surface area contributed by atoms with Gasteiger partial charge in [-0.3, -0.25) is 25.4 Å². The Morgan fingerprint density at radius 2 is 1.86 bits per heavy atom. The topological polar surface area (TPSA) is 258 Å². The van der Waals surface area contributed by atoms with E-state index in [4.69, 9.17) is 25.6 Å². The zero-order valence-electron chi connectivity index (χ0n) is 38.0. The highest BCUT2D eigenvalue weighted by atomic mass is 32.1. The molecular formula is C47H63N10O8S+. The molecule has 1 unspecified atom stereocenters. The number of amides is 3. The van der Waals surface area contributed by atoms with Crippen molar-refractivity contribution in [2.45, 2.75) is 96.9 Å². The molecule has 354 valence electrons. The summed E-state index contributed by atoms with van der Waals surface area (Å²) in [6.45, 7) is 13.0. The minimum absolute atomic E-state index is 0.0174. The number of piperidine rings is 1. The lowest BCUT2D eigenvalue weighted by atomic mass is 9.85. The van der Waals surface area contributed by atoms with Crippen LogP contribution < -0.4 is 32.8 Å². The Morgan fingerprint density at radius 1 is 1.12 bits per heavy atom. The molecular weight excluding hydrogens is 865 g/mol. The third-order valence-electron chi connectivity index (χ3n) is 11.7. The van der Waals surface area contributed by atoms with Crippen molar-refractivity contribution in [3.63, 3.8) is 0 Å². The molecule has 2 fully saturated rings. The van der Waals surface area contributed by atoms with Crippen LogP contribution in [0, 0.1) is 12.3 Å².